The molecule has 0 spiro atoms. The second-order valence-electron chi connectivity index (χ2n) is 5.17. The van der Waals surface area contributed by atoms with E-state index >= 15 is 0 Å². The third-order valence-electron chi connectivity index (χ3n) is 3.82. The molecule has 0 saturated heterocycles. The lowest BCUT2D eigenvalue weighted by atomic mass is 9.82. The number of aryl methyl sites for hydroxylation is 1. The molecule has 0 aliphatic heterocycles. The lowest BCUT2D eigenvalue weighted by molar-refractivity contribution is 0.0534. The largest absolute Gasteiger partial charge is 0.385 e. The van der Waals surface area contributed by atoms with Crippen molar-refractivity contribution in [2.45, 2.75) is 45.1 Å². The summed E-state index contributed by atoms with van der Waals surface area (Å²) in [4.78, 5) is 12.2. The minimum atomic E-state index is -0.936. The monoisotopic (exact) mass is 250 g/mol. The summed E-state index contributed by atoms with van der Waals surface area (Å²) >= 11 is 0. The maximum atomic E-state index is 13.0. The molecule has 98 valence electrons. The van der Waals surface area contributed by atoms with Gasteiger partial charge in [0.15, 0.2) is 5.78 Å². The lowest BCUT2D eigenvalue weighted by Crippen LogP contribution is -2.31. The van der Waals surface area contributed by atoms with Crippen LogP contribution in [-0.2, 0) is 0 Å². The SMILES string of the molecule is Cc1cc(F)ccc1C(=O)C(O)C1CCCCC1. The van der Waals surface area contributed by atoms with Crippen molar-refractivity contribution < 1.29 is 14.3 Å². The fourth-order valence-corrected chi connectivity index (χ4v) is 2.73. The van der Waals surface area contributed by atoms with E-state index in [1.54, 1.807) is 6.92 Å². The van der Waals surface area contributed by atoms with Crippen LogP contribution in [0, 0.1) is 18.7 Å². The minimum Gasteiger partial charge on any atom is -0.385 e. The molecule has 0 radical (unpaired) electrons. The number of benzene rings is 1. The molecule has 18 heavy (non-hydrogen) atoms. The van der Waals surface area contributed by atoms with E-state index in [-0.39, 0.29) is 17.5 Å². The number of carbonyl (C=O) groups is 1. The van der Waals surface area contributed by atoms with Gasteiger partial charge >= 0.3 is 0 Å². The van der Waals surface area contributed by atoms with Crippen molar-refractivity contribution >= 4 is 5.78 Å². The highest BCUT2D eigenvalue weighted by Crippen LogP contribution is 2.28. The molecule has 1 aliphatic rings. The highest BCUT2D eigenvalue weighted by Gasteiger charge is 2.28. The third-order valence-corrected chi connectivity index (χ3v) is 3.82. The quantitative estimate of drug-likeness (QED) is 0.836. The van der Waals surface area contributed by atoms with E-state index < -0.39 is 6.10 Å². The number of Topliss-reactive ketones (excluding diaryl/α,β-unsaturated/α-hetero) is 1. The molecule has 0 heterocycles. The van der Waals surface area contributed by atoms with Crippen LogP contribution in [0.25, 0.3) is 0 Å². The van der Waals surface area contributed by atoms with E-state index in [1.807, 2.05) is 0 Å². The predicted molar refractivity (Wildman–Crippen MR) is 68.0 cm³/mol. The molecule has 2 nitrogen and oxygen atoms in total. The first-order valence-electron chi connectivity index (χ1n) is 6.58. The Labute approximate surface area is 107 Å². The summed E-state index contributed by atoms with van der Waals surface area (Å²) in [5.41, 5.74) is 1.03. The van der Waals surface area contributed by atoms with Crippen molar-refractivity contribution in [1.82, 2.24) is 0 Å². The first kappa shape index (κ1) is 13.2. The van der Waals surface area contributed by atoms with Gasteiger partial charge in [0.2, 0.25) is 0 Å². The number of aliphatic hydroxyl groups excluding tert-OH is 1. The van der Waals surface area contributed by atoms with Crippen LogP contribution in [0.3, 0.4) is 0 Å². The van der Waals surface area contributed by atoms with Gasteiger partial charge in [-0.25, -0.2) is 4.39 Å². The third kappa shape index (κ3) is 2.78. The van der Waals surface area contributed by atoms with Gasteiger partial charge in [0, 0.05) is 5.56 Å². The minimum absolute atomic E-state index is 0.0655. The summed E-state index contributed by atoms with van der Waals surface area (Å²) in [5.74, 6) is -0.550. The topological polar surface area (TPSA) is 37.3 Å². The summed E-state index contributed by atoms with van der Waals surface area (Å²) in [5, 5.41) is 10.1. The highest BCUT2D eigenvalue weighted by atomic mass is 19.1. The number of ketones is 1. The average Bonchev–Trinajstić information content (AvgIpc) is 2.38. The molecule has 1 aliphatic carbocycles. The molecule has 1 N–H and O–H groups in total. The summed E-state index contributed by atoms with van der Waals surface area (Å²) in [6.07, 6.45) is 4.23. The molecular weight excluding hydrogens is 231 g/mol. The van der Waals surface area contributed by atoms with Crippen LogP contribution < -0.4 is 0 Å². The molecule has 0 amide bonds. The number of rotatable bonds is 3. The standard InChI is InChI=1S/C15H19FO2/c1-10-9-12(16)7-8-13(10)15(18)14(17)11-5-3-2-4-6-11/h7-9,11,14,17H,2-6H2,1H3. The van der Waals surface area contributed by atoms with Crippen molar-refractivity contribution in [3.05, 3.63) is 35.1 Å². The normalized spacial score (nSPS) is 18.6. The molecule has 1 atom stereocenters. The number of hydrogen-bond donors (Lipinski definition) is 1. The Morgan fingerprint density at radius 1 is 1.33 bits per heavy atom. The first-order valence-corrected chi connectivity index (χ1v) is 6.58. The van der Waals surface area contributed by atoms with Crippen LogP contribution in [0.2, 0.25) is 0 Å². The molecule has 0 aromatic heterocycles. The maximum absolute atomic E-state index is 13.0. The second kappa shape index (κ2) is 5.61. The van der Waals surface area contributed by atoms with Gasteiger partial charge in [-0.05, 0) is 49.4 Å². The first-order chi connectivity index (χ1) is 8.59. The van der Waals surface area contributed by atoms with Crippen LogP contribution >= 0.6 is 0 Å². The zero-order valence-electron chi connectivity index (χ0n) is 10.7. The zero-order valence-corrected chi connectivity index (χ0v) is 10.7. The maximum Gasteiger partial charge on any atom is 0.191 e. The van der Waals surface area contributed by atoms with E-state index in [0.717, 1.165) is 25.7 Å². The summed E-state index contributed by atoms with van der Waals surface area (Å²) < 4.78 is 13.0. The number of carbonyl (C=O) groups excluding carboxylic acids is 1. The smallest absolute Gasteiger partial charge is 0.191 e. The number of hydrogen-bond acceptors (Lipinski definition) is 2. The molecule has 1 aromatic carbocycles. The van der Waals surface area contributed by atoms with Gasteiger partial charge in [0.05, 0.1) is 0 Å². The Hall–Kier alpha value is -1.22. The zero-order chi connectivity index (χ0) is 13.1. The molecule has 1 fully saturated rings. The van der Waals surface area contributed by atoms with Crippen LogP contribution in [0.15, 0.2) is 18.2 Å². The van der Waals surface area contributed by atoms with E-state index in [9.17, 15) is 14.3 Å². The molecule has 2 rings (SSSR count). The molecule has 0 bridgehead atoms. The van der Waals surface area contributed by atoms with E-state index in [4.69, 9.17) is 0 Å². The van der Waals surface area contributed by atoms with Crippen LogP contribution in [0.5, 0.6) is 0 Å². The van der Waals surface area contributed by atoms with Gasteiger partial charge in [0.25, 0.3) is 0 Å². The Bertz CT molecular complexity index is 436. The van der Waals surface area contributed by atoms with Crippen molar-refractivity contribution in [1.29, 1.82) is 0 Å². The van der Waals surface area contributed by atoms with Crippen molar-refractivity contribution in [2.24, 2.45) is 5.92 Å². The van der Waals surface area contributed by atoms with Crippen LogP contribution in [-0.4, -0.2) is 17.0 Å². The molecule has 3 heteroatoms. The second-order valence-corrected chi connectivity index (χ2v) is 5.17. The Kier molecular flexibility index (Phi) is 4.12. The van der Waals surface area contributed by atoms with Gasteiger partial charge in [0.1, 0.15) is 11.9 Å². The lowest BCUT2D eigenvalue weighted by Gasteiger charge is -2.26. The van der Waals surface area contributed by atoms with E-state index in [0.29, 0.717) is 11.1 Å². The predicted octanol–water partition coefficient (Wildman–Crippen LogP) is 3.26. The van der Waals surface area contributed by atoms with E-state index in [1.165, 1.54) is 24.6 Å². The summed E-state index contributed by atoms with van der Waals surface area (Å²) in [6, 6.07) is 4.08. The Morgan fingerprint density at radius 2 is 2.00 bits per heavy atom. The van der Waals surface area contributed by atoms with Crippen LogP contribution in [0.1, 0.15) is 48.0 Å². The fraction of sp³-hybridized carbons (Fsp3) is 0.533. The summed E-state index contributed by atoms with van der Waals surface area (Å²) in [7, 11) is 0. The Balaban J connectivity index is 2.14. The Morgan fingerprint density at radius 3 is 2.61 bits per heavy atom. The molecular formula is C15H19FO2. The molecule has 1 saturated carbocycles. The van der Waals surface area contributed by atoms with Gasteiger partial charge in [-0.15, -0.1) is 0 Å². The molecule has 1 unspecified atom stereocenters. The summed E-state index contributed by atoms with van der Waals surface area (Å²) in [6.45, 7) is 1.70. The van der Waals surface area contributed by atoms with Gasteiger partial charge in [-0.2, -0.15) is 0 Å². The number of halogens is 1. The highest BCUT2D eigenvalue weighted by molar-refractivity contribution is 6.00. The van der Waals surface area contributed by atoms with Crippen molar-refractivity contribution in [2.75, 3.05) is 0 Å². The van der Waals surface area contributed by atoms with Crippen LogP contribution in [0.4, 0.5) is 4.39 Å². The van der Waals surface area contributed by atoms with Gasteiger partial charge < -0.3 is 5.11 Å². The average molecular weight is 250 g/mol. The molecule has 1 aromatic rings. The van der Waals surface area contributed by atoms with Gasteiger partial charge in [-0.1, -0.05) is 19.3 Å². The fourth-order valence-electron chi connectivity index (χ4n) is 2.73. The number of aliphatic hydroxyl groups is 1. The van der Waals surface area contributed by atoms with E-state index in [2.05, 4.69) is 0 Å². The van der Waals surface area contributed by atoms with Gasteiger partial charge in [-0.3, -0.25) is 4.79 Å². The van der Waals surface area contributed by atoms with Crippen molar-refractivity contribution in [3.8, 4) is 0 Å². The van der Waals surface area contributed by atoms with Crippen molar-refractivity contribution in [3.63, 3.8) is 0 Å².